The minimum absolute atomic E-state index is 0.121. The Morgan fingerprint density at radius 3 is 2.69 bits per heavy atom. The molecule has 1 aliphatic rings. The molecule has 0 radical (unpaired) electrons. The number of hydrogen-bond donors (Lipinski definition) is 0. The van der Waals surface area contributed by atoms with Crippen molar-refractivity contribution in [3.63, 3.8) is 0 Å². The van der Waals surface area contributed by atoms with Gasteiger partial charge in [0.25, 0.3) is 0 Å². The average Bonchev–Trinajstić information content (AvgIpc) is 1.99. The van der Waals surface area contributed by atoms with Gasteiger partial charge in [0.05, 0.1) is 0 Å². The molecule has 0 spiro atoms. The van der Waals surface area contributed by atoms with E-state index in [1.54, 1.807) is 0 Å². The molecule has 1 aliphatic carbocycles. The van der Waals surface area contributed by atoms with Crippen LogP contribution in [0.15, 0.2) is 23.8 Å². The Balaban J connectivity index is 2.95. The third-order valence-electron chi connectivity index (χ3n) is 2.37. The van der Waals surface area contributed by atoms with E-state index in [9.17, 15) is 4.79 Å². The summed E-state index contributed by atoms with van der Waals surface area (Å²) in [4.78, 5) is 11.6. The largest absolute Gasteiger partial charge is 0.289 e. The van der Waals surface area contributed by atoms with E-state index in [1.807, 2.05) is 0 Å². The zero-order valence-electron chi connectivity index (χ0n) is 8.81. The highest BCUT2D eigenvalue weighted by Gasteiger charge is 2.27. The molecule has 0 bridgehead atoms. The maximum atomic E-state index is 11.6. The van der Waals surface area contributed by atoms with E-state index in [1.165, 1.54) is 0 Å². The fourth-order valence-corrected chi connectivity index (χ4v) is 1.90. The summed E-state index contributed by atoms with van der Waals surface area (Å²) in [6, 6.07) is 0. The van der Waals surface area contributed by atoms with Crippen molar-refractivity contribution in [1.29, 1.82) is 0 Å². The molecule has 1 nitrogen and oxygen atoms in total. The number of hydrogen-bond acceptors (Lipinski definition) is 1. The molecule has 72 valence electrons. The van der Waals surface area contributed by atoms with Crippen LogP contribution in [0.2, 0.25) is 0 Å². The summed E-state index contributed by atoms with van der Waals surface area (Å²) in [6.45, 7) is 10.2. The van der Waals surface area contributed by atoms with E-state index in [2.05, 4.69) is 33.4 Å². The third-order valence-corrected chi connectivity index (χ3v) is 2.37. The van der Waals surface area contributed by atoms with Crippen molar-refractivity contribution in [2.24, 2.45) is 5.41 Å². The van der Waals surface area contributed by atoms with Gasteiger partial charge in [0.2, 0.25) is 0 Å². The number of ketones is 1. The summed E-state index contributed by atoms with van der Waals surface area (Å²) in [5.41, 5.74) is 1.86. The Hall–Kier alpha value is -0.850. The Morgan fingerprint density at radius 1 is 1.54 bits per heavy atom. The van der Waals surface area contributed by atoms with Gasteiger partial charge < -0.3 is 0 Å². The average molecular weight is 178 g/mol. The van der Waals surface area contributed by atoms with Gasteiger partial charge in [-0.1, -0.05) is 39.8 Å². The topological polar surface area (TPSA) is 17.1 Å². The molecular formula is C12H18O. The van der Waals surface area contributed by atoms with Gasteiger partial charge in [-0.05, 0) is 29.4 Å². The van der Waals surface area contributed by atoms with Crippen LogP contribution in [-0.4, -0.2) is 5.78 Å². The van der Waals surface area contributed by atoms with Gasteiger partial charge in [-0.2, -0.15) is 0 Å². The predicted octanol–water partition coefficient (Wildman–Crippen LogP) is 3.27. The van der Waals surface area contributed by atoms with E-state index < -0.39 is 0 Å². The molecule has 0 saturated carbocycles. The fraction of sp³-hybridized carbons (Fsp3) is 0.583. The number of rotatable bonds is 2. The van der Waals surface area contributed by atoms with Gasteiger partial charge in [-0.25, -0.2) is 0 Å². The van der Waals surface area contributed by atoms with Crippen LogP contribution in [0.1, 0.15) is 40.0 Å². The maximum Gasteiger partial charge on any atom is 0.184 e. The second-order valence-electron chi connectivity index (χ2n) is 4.52. The van der Waals surface area contributed by atoms with Crippen molar-refractivity contribution in [2.75, 3.05) is 0 Å². The van der Waals surface area contributed by atoms with Gasteiger partial charge in [-0.15, -0.1) is 0 Å². The van der Waals surface area contributed by atoms with Crippen molar-refractivity contribution in [1.82, 2.24) is 0 Å². The molecule has 0 heterocycles. The molecule has 0 aliphatic heterocycles. The number of allylic oxidation sites excluding steroid dienone is 3. The number of Topliss-reactive ketones (excluding diaryl/α,β-unsaturated/α-hetero) is 1. The van der Waals surface area contributed by atoms with Crippen LogP contribution in [0.25, 0.3) is 0 Å². The number of carbonyl (C=O) groups excluding carboxylic acids is 1. The second-order valence-corrected chi connectivity index (χ2v) is 4.52. The lowest BCUT2D eigenvalue weighted by Gasteiger charge is -2.28. The summed E-state index contributed by atoms with van der Waals surface area (Å²) in [6.07, 6.45) is 4.84. The second kappa shape index (κ2) is 3.49. The zero-order valence-corrected chi connectivity index (χ0v) is 8.81. The van der Waals surface area contributed by atoms with E-state index >= 15 is 0 Å². The zero-order chi connectivity index (χ0) is 10.1. The smallest absolute Gasteiger partial charge is 0.184 e. The lowest BCUT2D eigenvalue weighted by Crippen LogP contribution is -2.21. The molecular weight excluding hydrogens is 160 g/mol. The van der Waals surface area contributed by atoms with E-state index in [0.29, 0.717) is 0 Å². The first-order valence-corrected chi connectivity index (χ1v) is 4.90. The standard InChI is InChI=1S/C12H18O/c1-5-6-10-8-12(3,4)7-9(2)11(10)13/h8H,2,5-7H2,1,3-4H3. The predicted molar refractivity (Wildman–Crippen MR) is 55.5 cm³/mol. The Labute approximate surface area is 80.5 Å². The van der Waals surface area contributed by atoms with Crippen LogP contribution in [0.5, 0.6) is 0 Å². The Bertz CT molecular complexity index is 269. The summed E-state index contributed by atoms with van der Waals surface area (Å²) in [7, 11) is 0. The van der Waals surface area contributed by atoms with Crippen molar-refractivity contribution >= 4 is 5.78 Å². The lowest BCUT2D eigenvalue weighted by atomic mass is 9.76. The maximum absolute atomic E-state index is 11.6. The summed E-state index contributed by atoms with van der Waals surface area (Å²) in [5.74, 6) is 0.182. The quantitative estimate of drug-likeness (QED) is 0.593. The molecule has 0 aromatic heterocycles. The summed E-state index contributed by atoms with van der Waals surface area (Å²) in [5, 5.41) is 0. The minimum Gasteiger partial charge on any atom is -0.289 e. The summed E-state index contributed by atoms with van der Waals surface area (Å²) >= 11 is 0. The van der Waals surface area contributed by atoms with Crippen molar-refractivity contribution in [3.05, 3.63) is 23.8 Å². The molecule has 0 unspecified atom stereocenters. The molecule has 0 saturated heterocycles. The van der Waals surface area contributed by atoms with Crippen LogP contribution >= 0.6 is 0 Å². The molecule has 0 fully saturated rings. The number of carbonyl (C=O) groups is 1. The molecule has 0 N–H and O–H groups in total. The third kappa shape index (κ3) is 2.30. The monoisotopic (exact) mass is 178 g/mol. The van der Waals surface area contributed by atoms with E-state index in [0.717, 1.165) is 30.4 Å². The van der Waals surface area contributed by atoms with Gasteiger partial charge in [0, 0.05) is 0 Å². The molecule has 0 amide bonds. The first-order valence-electron chi connectivity index (χ1n) is 4.90. The summed E-state index contributed by atoms with van der Waals surface area (Å²) < 4.78 is 0. The van der Waals surface area contributed by atoms with Crippen LogP contribution in [0.4, 0.5) is 0 Å². The Morgan fingerprint density at radius 2 is 2.15 bits per heavy atom. The molecule has 0 aromatic carbocycles. The molecule has 13 heavy (non-hydrogen) atoms. The van der Waals surface area contributed by atoms with Crippen molar-refractivity contribution in [3.8, 4) is 0 Å². The normalized spacial score (nSPS) is 21.6. The highest BCUT2D eigenvalue weighted by molar-refractivity contribution is 6.08. The highest BCUT2D eigenvalue weighted by atomic mass is 16.1. The van der Waals surface area contributed by atoms with Crippen LogP contribution < -0.4 is 0 Å². The van der Waals surface area contributed by atoms with Crippen molar-refractivity contribution < 1.29 is 4.79 Å². The fourth-order valence-electron chi connectivity index (χ4n) is 1.90. The van der Waals surface area contributed by atoms with Crippen LogP contribution in [0.3, 0.4) is 0 Å². The van der Waals surface area contributed by atoms with Crippen LogP contribution in [-0.2, 0) is 4.79 Å². The lowest BCUT2D eigenvalue weighted by molar-refractivity contribution is -0.113. The molecule has 0 atom stereocenters. The van der Waals surface area contributed by atoms with Gasteiger partial charge in [0.1, 0.15) is 0 Å². The van der Waals surface area contributed by atoms with Gasteiger partial charge >= 0.3 is 0 Å². The Kier molecular flexibility index (Phi) is 2.74. The molecule has 1 rings (SSSR count). The van der Waals surface area contributed by atoms with Gasteiger partial charge in [0.15, 0.2) is 5.78 Å². The minimum atomic E-state index is 0.121. The first-order chi connectivity index (χ1) is 5.96. The SMILES string of the molecule is C=C1CC(C)(C)C=C(CCC)C1=O. The highest BCUT2D eigenvalue weighted by Crippen LogP contribution is 2.35. The molecule has 0 aromatic rings. The van der Waals surface area contributed by atoms with E-state index in [4.69, 9.17) is 0 Å². The van der Waals surface area contributed by atoms with Crippen LogP contribution in [0, 0.1) is 5.41 Å². The first kappa shape index (κ1) is 10.2. The molecule has 1 heteroatoms. The van der Waals surface area contributed by atoms with E-state index in [-0.39, 0.29) is 11.2 Å². The van der Waals surface area contributed by atoms with Crippen molar-refractivity contribution in [2.45, 2.75) is 40.0 Å². The van der Waals surface area contributed by atoms with Gasteiger partial charge in [-0.3, -0.25) is 4.79 Å².